The zero-order valence-corrected chi connectivity index (χ0v) is 9.37. The Labute approximate surface area is 98.9 Å². The Morgan fingerprint density at radius 1 is 1.06 bits per heavy atom. The molecule has 0 amide bonds. The van der Waals surface area contributed by atoms with Crippen molar-refractivity contribution in [3.63, 3.8) is 0 Å². The van der Waals surface area contributed by atoms with Gasteiger partial charge in [0.25, 0.3) is 0 Å². The van der Waals surface area contributed by atoms with Crippen molar-refractivity contribution in [2.24, 2.45) is 0 Å². The third kappa shape index (κ3) is 1.45. The van der Waals surface area contributed by atoms with Crippen LogP contribution < -0.4 is 0 Å². The zero-order valence-electron chi connectivity index (χ0n) is 9.37. The number of ether oxygens (including phenoxy) is 1. The van der Waals surface area contributed by atoms with Crippen molar-refractivity contribution in [1.29, 1.82) is 0 Å². The van der Waals surface area contributed by atoms with Gasteiger partial charge in [0.05, 0.1) is 11.4 Å². The minimum Gasteiger partial charge on any atom is -0.385 e. The highest BCUT2D eigenvalue weighted by Crippen LogP contribution is 2.43. The maximum absolute atomic E-state index is 10.3. The van der Waals surface area contributed by atoms with Gasteiger partial charge in [0.1, 0.15) is 12.2 Å². The second-order valence-electron chi connectivity index (χ2n) is 3.98. The van der Waals surface area contributed by atoms with Gasteiger partial charge in [-0.3, -0.25) is 9.97 Å². The van der Waals surface area contributed by atoms with E-state index in [0.717, 1.165) is 22.5 Å². The Morgan fingerprint density at radius 3 is 2.29 bits per heavy atom. The summed E-state index contributed by atoms with van der Waals surface area (Å²) in [6, 6.07) is 7.42. The number of aliphatic hydroxyl groups is 1. The van der Waals surface area contributed by atoms with Crippen LogP contribution in [0.3, 0.4) is 0 Å². The van der Waals surface area contributed by atoms with Crippen LogP contribution in [-0.4, -0.2) is 22.2 Å². The topological polar surface area (TPSA) is 55.2 Å². The first-order valence-electron chi connectivity index (χ1n) is 5.44. The summed E-state index contributed by atoms with van der Waals surface area (Å²) in [6.45, 7) is 0. The minimum atomic E-state index is -0.694. The lowest BCUT2D eigenvalue weighted by atomic mass is 9.88. The molecule has 0 aromatic carbocycles. The first-order valence-corrected chi connectivity index (χ1v) is 5.44. The number of methoxy groups -OCH3 is 1. The molecule has 0 spiro atoms. The molecule has 3 rings (SSSR count). The van der Waals surface area contributed by atoms with E-state index in [1.165, 1.54) is 0 Å². The molecule has 86 valence electrons. The Bertz CT molecular complexity index is 557. The van der Waals surface area contributed by atoms with Crippen molar-refractivity contribution in [2.75, 3.05) is 7.11 Å². The first-order chi connectivity index (χ1) is 8.33. The van der Waals surface area contributed by atoms with E-state index in [1.54, 1.807) is 19.5 Å². The fourth-order valence-electron chi connectivity index (χ4n) is 2.29. The predicted octanol–water partition coefficient (Wildman–Crippen LogP) is 1.88. The number of hydrogen-bond donors (Lipinski definition) is 1. The van der Waals surface area contributed by atoms with Crippen molar-refractivity contribution in [2.45, 2.75) is 12.2 Å². The Hall–Kier alpha value is -1.78. The molecule has 2 unspecified atom stereocenters. The van der Waals surface area contributed by atoms with E-state index in [2.05, 4.69) is 9.97 Å². The fraction of sp³-hybridized carbons (Fsp3) is 0.231. The number of aliphatic hydroxyl groups excluding tert-OH is 1. The van der Waals surface area contributed by atoms with Gasteiger partial charge in [0.2, 0.25) is 0 Å². The summed E-state index contributed by atoms with van der Waals surface area (Å²) in [5.41, 5.74) is 3.18. The Morgan fingerprint density at radius 2 is 1.65 bits per heavy atom. The molecule has 2 atom stereocenters. The van der Waals surface area contributed by atoms with E-state index in [9.17, 15) is 5.11 Å². The summed E-state index contributed by atoms with van der Waals surface area (Å²) in [4.78, 5) is 8.64. The molecule has 17 heavy (non-hydrogen) atoms. The molecule has 0 saturated heterocycles. The second kappa shape index (κ2) is 3.91. The molecular weight excluding hydrogens is 216 g/mol. The van der Waals surface area contributed by atoms with E-state index in [4.69, 9.17) is 4.74 Å². The third-order valence-electron chi connectivity index (χ3n) is 3.07. The number of hydrogen-bond acceptors (Lipinski definition) is 4. The fourth-order valence-corrected chi connectivity index (χ4v) is 2.29. The summed E-state index contributed by atoms with van der Waals surface area (Å²) in [5.74, 6) is 0. The Balaban J connectivity index is 2.29. The summed E-state index contributed by atoms with van der Waals surface area (Å²) in [7, 11) is 1.59. The van der Waals surface area contributed by atoms with Gasteiger partial charge in [-0.1, -0.05) is 12.1 Å². The molecule has 1 aliphatic carbocycles. The van der Waals surface area contributed by atoms with Crippen LogP contribution in [0.4, 0.5) is 0 Å². The van der Waals surface area contributed by atoms with Crippen molar-refractivity contribution in [1.82, 2.24) is 9.97 Å². The lowest BCUT2D eigenvalue weighted by Crippen LogP contribution is -2.20. The van der Waals surface area contributed by atoms with Crippen LogP contribution in [0.5, 0.6) is 0 Å². The summed E-state index contributed by atoms with van der Waals surface area (Å²) >= 11 is 0. The van der Waals surface area contributed by atoms with Gasteiger partial charge >= 0.3 is 0 Å². The van der Waals surface area contributed by atoms with Crippen LogP contribution in [0.25, 0.3) is 11.4 Å². The van der Waals surface area contributed by atoms with Gasteiger partial charge in [-0.2, -0.15) is 0 Å². The average Bonchev–Trinajstić information content (AvgIpc) is 2.40. The number of pyridine rings is 2. The number of nitrogens with zero attached hydrogens (tertiary/aromatic N) is 2. The largest absolute Gasteiger partial charge is 0.385 e. The molecular formula is C13H12N2O2. The number of aromatic nitrogens is 2. The molecule has 2 aromatic rings. The van der Waals surface area contributed by atoms with Crippen molar-refractivity contribution in [3.8, 4) is 11.4 Å². The second-order valence-corrected chi connectivity index (χ2v) is 3.98. The highest BCUT2D eigenvalue weighted by atomic mass is 16.5. The highest BCUT2D eigenvalue weighted by Gasteiger charge is 2.33. The SMILES string of the molecule is COC1c2cccnc2-c2ncccc2C1O. The van der Waals surface area contributed by atoms with Gasteiger partial charge in [0, 0.05) is 30.6 Å². The first kappa shape index (κ1) is 10.4. The van der Waals surface area contributed by atoms with E-state index < -0.39 is 6.10 Å². The summed E-state index contributed by atoms with van der Waals surface area (Å²) < 4.78 is 5.37. The van der Waals surface area contributed by atoms with Crippen LogP contribution >= 0.6 is 0 Å². The van der Waals surface area contributed by atoms with Crippen molar-refractivity contribution >= 4 is 0 Å². The molecule has 2 aromatic heterocycles. The van der Waals surface area contributed by atoms with Crippen molar-refractivity contribution < 1.29 is 9.84 Å². The standard InChI is InChI=1S/C13H12N2O2/c1-17-13-9-5-3-7-15-11(9)10-8(12(13)16)4-2-6-14-10/h2-7,12-13,16H,1H3. The lowest BCUT2D eigenvalue weighted by molar-refractivity contribution is -0.0166. The van der Waals surface area contributed by atoms with Crippen LogP contribution in [0.1, 0.15) is 23.3 Å². The molecule has 0 aliphatic heterocycles. The third-order valence-corrected chi connectivity index (χ3v) is 3.07. The summed E-state index contributed by atoms with van der Waals surface area (Å²) in [6.07, 6.45) is 2.36. The molecule has 1 N–H and O–H groups in total. The molecule has 0 fully saturated rings. The molecule has 0 radical (unpaired) electrons. The van der Waals surface area contributed by atoms with Gasteiger partial charge in [0.15, 0.2) is 0 Å². The normalized spacial score (nSPS) is 21.8. The highest BCUT2D eigenvalue weighted by molar-refractivity contribution is 5.66. The predicted molar refractivity (Wildman–Crippen MR) is 62.2 cm³/mol. The van der Waals surface area contributed by atoms with Crippen LogP contribution in [0.15, 0.2) is 36.7 Å². The van der Waals surface area contributed by atoms with Crippen molar-refractivity contribution in [3.05, 3.63) is 47.8 Å². The van der Waals surface area contributed by atoms with Crippen LogP contribution in [0.2, 0.25) is 0 Å². The molecule has 1 aliphatic rings. The van der Waals surface area contributed by atoms with Gasteiger partial charge < -0.3 is 9.84 Å². The van der Waals surface area contributed by atoms with Crippen LogP contribution in [-0.2, 0) is 4.74 Å². The maximum atomic E-state index is 10.3. The van der Waals surface area contributed by atoms with E-state index in [-0.39, 0.29) is 6.10 Å². The molecule has 2 heterocycles. The van der Waals surface area contributed by atoms with E-state index >= 15 is 0 Å². The molecule has 4 nitrogen and oxygen atoms in total. The van der Waals surface area contributed by atoms with Gasteiger partial charge in [-0.05, 0) is 12.1 Å². The molecule has 4 heteroatoms. The Kier molecular flexibility index (Phi) is 2.39. The van der Waals surface area contributed by atoms with E-state index in [0.29, 0.717) is 0 Å². The van der Waals surface area contributed by atoms with Gasteiger partial charge in [-0.25, -0.2) is 0 Å². The minimum absolute atomic E-state index is 0.379. The van der Waals surface area contributed by atoms with Crippen LogP contribution in [0, 0.1) is 0 Å². The number of rotatable bonds is 1. The summed E-state index contributed by atoms with van der Waals surface area (Å²) in [5, 5.41) is 10.3. The quantitative estimate of drug-likeness (QED) is 0.809. The zero-order chi connectivity index (χ0) is 11.8. The number of fused-ring (bicyclic) bond motifs is 3. The maximum Gasteiger partial charge on any atom is 0.114 e. The smallest absolute Gasteiger partial charge is 0.114 e. The van der Waals surface area contributed by atoms with Gasteiger partial charge in [-0.15, -0.1) is 0 Å². The monoisotopic (exact) mass is 228 g/mol. The van der Waals surface area contributed by atoms with E-state index in [1.807, 2.05) is 24.3 Å². The molecule has 0 bridgehead atoms. The lowest BCUT2D eigenvalue weighted by Gasteiger charge is -2.29. The average molecular weight is 228 g/mol. The molecule has 0 saturated carbocycles.